The Morgan fingerprint density at radius 2 is 2.08 bits per heavy atom. The number of ether oxygens (including phenoxy) is 3. The molecule has 0 aliphatic carbocycles. The van der Waals surface area contributed by atoms with Gasteiger partial charge in [0.05, 0.1) is 18.2 Å². The van der Waals surface area contributed by atoms with Crippen LogP contribution in [0.3, 0.4) is 0 Å². The predicted octanol–water partition coefficient (Wildman–Crippen LogP) is 1.78. The summed E-state index contributed by atoms with van der Waals surface area (Å²) in [6.45, 7) is 3.20. The Balaban J connectivity index is 1.62. The molecule has 0 radical (unpaired) electrons. The molecule has 132 valence electrons. The highest BCUT2D eigenvalue weighted by Crippen LogP contribution is 2.35. The standard InChI is InChI=1S/C18H20N2O5/c1-11(21)20(9-14-3-2-4-23-14)8-13-5-12-6-16-17(25-10-24-16)7-15(12)19-18(13)22/h5-7,14H,2-4,8-10H2,1H3,(H,19,22)/t14-/m0/s1. The van der Waals surface area contributed by atoms with Gasteiger partial charge in [0.25, 0.3) is 5.56 Å². The maximum absolute atomic E-state index is 12.4. The highest BCUT2D eigenvalue weighted by Gasteiger charge is 2.22. The van der Waals surface area contributed by atoms with Crippen LogP contribution in [0.25, 0.3) is 10.9 Å². The van der Waals surface area contributed by atoms with Crippen molar-refractivity contribution in [1.29, 1.82) is 0 Å². The van der Waals surface area contributed by atoms with E-state index in [4.69, 9.17) is 14.2 Å². The molecule has 1 aromatic heterocycles. The molecule has 7 heteroatoms. The second kappa shape index (κ2) is 6.40. The lowest BCUT2D eigenvalue weighted by molar-refractivity contribution is -0.131. The van der Waals surface area contributed by atoms with Gasteiger partial charge in [0.2, 0.25) is 12.7 Å². The van der Waals surface area contributed by atoms with Gasteiger partial charge in [0, 0.05) is 37.1 Å². The van der Waals surface area contributed by atoms with Crippen LogP contribution in [-0.2, 0) is 16.1 Å². The summed E-state index contributed by atoms with van der Waals surface area (Å²) >= 11 is 0. The minimum atomic E-state index is -0.204. The molecule has 0 spiro atoms. The summed E-state index contributed by atoms with van der Waals surface area (Å²) in [7, 11) is 0. The topological polar surface area (TPSA) is 80.9 Å². The first-order chi connectivity index (χ1) is 12.1. The summed E-state index contributed by atoms with van der Waals surface area (Å²) in [5.74, 6) is 1.22. The summed E-state index contributed by atoms with van der Waals surface area (Å²) < 4.78 is 16.3. The molecule has 2 aliphatic rings. The van der Waals surface area contributed by atoms with E-state index in [1.165, 1.54) is 6.92 Å². The average molecular weight is 344 g/mol. The Hall–Kier alpha value is -2.54. The SMILES string of the molecule is CC(=O)N(Cc1cc2cc3c(cc2[nH]c1=O)OCO3)C[C@@H]1CCCO1. The number of rotatable bonds is 4. The summed E-state index contributed by atoms with van der Waals surface area (Å²) in [6, 6.07) is 5.41. The van der Waals surface area contributed by atoms with E-state index >= 15 is 0 Å². The molecule has 0 unspecified atom stereocenters. The molecule has 1 atom stereocenters. The number of hydrogen-bond donors (Lipinski definition) is 1. The molecule has 25 heavy (non-hydrogen) atoms. The van der Waals surface area contributed by atoms with E-state index in [9.17, 15) is 9.59 Å². The first-order valence-electron chi connectivity index (χ1n) is 8.43. The van der Waals surface area contributed by atoms with E-state index in [1.54, 1.807) is 11.0 Å². The molecule has 1 amide bonds. The van der Waals surface area contributed by atoms with Crippen LogP contribution in [0.1, 0.15) is 25.3 Å². The maximum Gasteiger partial charge on any atom is 0.253 e. The Bertz CT molecular complexity index is 870. The van der Waals surface area contributed by atoms with Crippen molar-refractivity contribution in [3.63, 3.8) is 0 Å². The Morgan fingerprint density at radius 3 is 2.80 bits per heavy atom. The summed E-state index contributed by atoms with van der Waals surface area (Å²) in [5.41, 5.74) is 1.02. The number of H-pyrrole nitrogens is 1. The van der Waals surface area contributed by atoms with Crippen molar-refractivity contribution >= 4 is 16.8 Å². The smallest absolute Gasteiger partial charge is 0.253 e. The van der Waals surface area contributed by atoms with E-state index in [2.05, 4.69) is 4.98 Å². The Morgan fingerprint density at radius 1 is 1.28 bits per heavy atom. The average Bonchev–Trinajstić information content (AvgIpc) is 3.23. The van der Waals surface area contributed by atoms with Crippen molar-refractivity contribution in [2.45, 2.75) is 32.4 Å². The summed E-state index contributed by atoms with van der Waals surface area (Å²) in [4.78, 5) is 28.9. The number of nitrogens with zero attached hydrogens (tertiary/aromatic N) is 1. The molecule has 0 saturated carbocycles. The second-order valence-electron chi connectivity index (χ2n) is 6.45. The van der Waals surface area contributed by atoms with E-state index in [0.717, 1.165) is 24.8 Å². The zero-order valence-corrected chi connectivity index (χ0v) is 14.0. The minimum Gasteiger partial charge on any atom is -0.454 e. The zero-order valence-electron chi connectivity index (χ0n) is 14.0. The zero-order chi connectivity index (χ0) is 17.4. The number of amides is 1. The number of carbonyl (C=O) groups is 1. The van der Waals surface area contributed by atoms with Crippen molar-refractivity contribution in [2.75, 3.05) is 19.9 Å². The number of fused-ring (bicyclic) bond motifs is 2. The van der Waals surface area contributed by atoms with Gasteiger partial charge in [-0.2, -0.15) is 0 Å². The fraction of sp³-hybridized carbons (Fsp3) is 0.444. The lowest BCUT2D eigenvalue weighted by Gasteiger charge is -2.24. The van der Waals surface area contributed by atoms with Crippen LogP contribution in [-0.4, -0.2) is 41.8 Å². The van der Waals surface area contributed by atoms with Crippen molar-refractivity contribution in [1.82, 2.24) is 9.88 Å². The largest absolute Gasteiger partial charge is 0.454 e. The van der Waals surface area contributed by atoms with Crippen LogP contribution >= 0.6 is 0 Å². The van der Waals surface area contributed by atoms with Crippen LogP contribution in [0.4, 0.5) is 0 Å². The van der Waals surface area contributed by atoms with Crippen molar-refractivity contribution < 1.29 is 19.0 Å². The van der Waals surface area contributed by atoms with Crippen LogP contribution < -0.4 is 15.0 Å². The molecule has 1 N–H and O–H groups in total. The Kier molecular flexibility index (Phi) is 4.09. The van der Waals surface area contributed by atoms with Gasteiger partial charge in [0.1, 0.15) is 0 Å². The van der Waals surface area contributed by atoms with E-state index in [1.807, 2.05) is 12.1 Å². The number of aromatic nitrogens is 1. The predicted molar refractivity (Wildman–Crippen MR) is 90.8 cm³/mol. The van der Waals surface area contributed by atoms with Crippen molar-refractivity contribution in [3.8, 4) is 11.5 Å². The number of carbonyl (C=O) groups excluding carboxylic acids is 1. The first kappa shape index (κ1) is 16.0. The monoisotopic (exact) mass is 344 g/mol. The molecular formula is C18H20N2O5. The molecule has 4 rings (SSSR count). The van der Waals surface area contributed by atoms with E-state index in [0.29, 0.717) is 29.1 Å². The van der Waals surface area contributed by atoms with Gasteiger partial charge in [0.15, 0.2) is 11.5 Å². The van der Waals surface area contributed by atoms with Crippen molar-refractivity contribution in [2.24, 2.45) is 0 Å². The number of aromatic amines is 1. The molecule has 1 fully saturated rings. The first-order valence-corrected chi connectivity index (χ1v) is 8.43. The number of nitrogens with one attached hydrogen (secondary N) is 1. The van der Waals surface area contributed by atoms with Gasteiger partial charge in [-0.15, -0.1) is 0 Å². The number of hydrogen-bond acceptors (Lipinski definition) is 5. The lowest BCUT2D eigenvalue weighted by Crippen LogP contribution is -2.36. The van der Waals surface area contributed by atoms with E-state index < -0.39 is 0 Å². The second-order valence-corrected chi connectivity index (χ2v) is 6.45. The van der Waals surface area contributed by atoms with Crippen LogP contribution in [0.5, 0.6) is 11.5 Å². The normalized spacial score (nSPS) is 18.7. The Labute approximate surface area is 144 Å². The van der Waals surface area contributed by atoms with Gasteiger partial charge in [-0.1, -0.05) is 0 Å². The van der Waals surface area contributed by atoms with Gasteiger partial charge in [-0.25, -0.2) is 0 Å². The fourth-order valence-corrected chi connectivity index (χ4v) is 3.30. The summed E-state index contributed by atoms with van der Waals surface area (Å²) in [6.07, 6.45) is 2.01. The molecule has 2 aliphatic heterocycles. The fourth-order valence-electron chi connectivity index (χ4n) is 3.30. The molecule has 7 nitrogen and oxygen atoms in total. The number of benzene rings is 1. The third-order valence-corrected chi connectivity index (χ3v) is 4.67. The van der Waals surface area contributed by atoms with Crippen LogP contribution in [0.2, 0.25) is 0 Å². The molecule has 2 aromatic rings. The van der Waals surface area contributed by atoms with E-state index in [-0.39, 0.29) is 30.9 Å². The van der Waals surface area contributed by atoms with Crippen LogP contribution in [0, 0.1) is 0 Å². The lowest BCUT2D eigenvalue weighted by atomic mass is 10.1. The maximum atomic E-state index is 12.4. The quantitative estimate of drug-likeness (QED) is 0.914. The molecule has 3 heterocycles. The van der Waals surface area contributed by atoms with Crippen LogP contribution in [0.15, 0.2) is 23.0 Å². The molecule has 1 saturated heterocycles. The van der Waals surface area contributed by atoms with Gasteiger partial charge < -0.3 is 24.1 Å². The minimum absolute atomic E-state index is 0.0530. The highest BCUT2D eigenvalue weighted by atomic mass is 16.7. The summed E-state index contributed by atoms with van der Waals surface area (Å²) in [5, 5.41) is 0.847. The molecule has 0 bridgehead atoms. The highest BCUT2D eigenvalue weighted by molar-refractivity contribution is 5.83. The molecule has 1 aromatic carbocycles. The van der Waals surface area contributed by atoms with Gasteiger partial charge in [-0.3, -0.25) is 9.59 Å². The third-order valence-electron chi connectivity index (χ3n) is 4.67. The van der Waals surface area contributed by atoms with Gasteiger partial charge in [-0.05, 0) is 25.0 Å². The number of pyridine rings is 1. The van der Waals surface area contributed by atoms with Crippen molar-refractivity contribution in [3.05, 3.63) is 34.1 Å². The molecular weight excluding hydrogens is 324 g/mol. The third kappa shape index (κ3) is 3.19. The van der Waals surface area contributed by atoms with Gasteiger partial charge >= 0.3 is 0 Å².